The Morgan fingerprint density at radius 3 is 2.73 bits per heavy atom. The molecule has 1 aromatic carbocycles. The number of hydrogen-bond acceptors (Lipinski definition) is 3. The molecule has 4 nitrogen and oxygen atoms in total. The van der Waals surface area contributed by atoms with Crippen LogP contribution in [0.4, 0.5) is 0 Å². The largest absolute Gasteiger partial charge is 0.493 e. The highest BCUT2D eigenvalue weighted by molar-refractivity contribution is 5.85. The molecule has 0 saturated heterocycles. The molecule has 2 fully saturated rings. The second-order valence-corrected chi connectivity index (χ2v) is 7.98. The lowest BCUT2D eigenvalue weighted by Gasteiger charge is -2.33. The zero-order valence-corrected chi connectivity index (χ0v) is 16.3. The smallest absolute Gasteiger partial charge is 0.226 e. The minimum Gasteiger partial charge on any atom is -0.493 e. The zero-order valence-electron chi connectivity index (χ0n) is 15.5. The molecule has 26 heavy (non-hydrogen) atoms. The van der Waals surface area contributed by atoms with E-state index in [-0.39, 0.29) is 18.3 Å². The Kier molecular flexibility index (Phi) is 6.46. The van der Waals surface area contributed by atoms with E-state index in [4.69, 9.17) is 10.5 Å². The molecular weight excluding hydrogens is 348 g/mol. The first-order chi connectivity index (χ1) is 12.3. The van der Waals surface area contributed by atoms with E-state index >= 15 is 0 Å². The lowest BCUT2D eigenvalue weighted by molar-refractivity contribution is -0.139. The highest BCUT2D eigenvalue weighted by atomic mass is 35.5. The minimum absolute atomic E-state index is 0. The number of ether oxygens (including phenoxy) is 1. The zero-order chi connectivity index (χ0) is 17.2. The van der Waals surface area contributed by atoms with Crippen molar-refractivity contribution in [2.24, 2.45) is 17.6 Å². The first-order valence-electron chi connectivity index (χ1n) is 10.0. The van der Waals surface area contributed by atoms with E-state index in [0.29, 0.717) is 24.4 Å². The minimum atomic E-state index is 0. The van der Waals surface area contributed by atoms with Crippen molar-refractivity contribution in [1.29, 1.82) is 0 Å². The second kappa shape index (κ2) is 8.62. The number of halogens is 1. The van der Waals surface area contributed by atoms with Crippen LogP contribution in [0.3, 0.4) is 0 Å². The van der Waals surface area contributed by atoms with Gasteiger partial charge in [-0.2, -0.15) is 0 Å². The molecule has 2 saturated carbocycles. The van der Waals surface area contributed by atoms with Crippen molar-refractivity contribution in [3.05, 3.63) is 29.3 Å². The lowest BCUT2D eigenvalue weighted by Crippen LogP contribution is -2.43. The van der Waals surface area contributed by atoms with Crippen LogP contribution in [0.5, 0.6) is 5.75 Å². The van der Waals surface area contributed by atoms with E-state index in [9.17, 15) is 4.79 Å². The number of benzene rings is 1. The van der Waals surface area contributed by atoms with Crippen molar-refractivity contribution in [1.82, 2.24) is 4.90 Å². The molecule has 2 aliphatic carbocycles. The molecule has 1 amide bonds. The third-order valence-corrected chi connectivity index (χ3v) is 6.43. The predicted octanol–water partition coefficient (Wildman–Crippen LogP) is 3.69. The monoisotopic (exact) mass is 378 g/mol. The van der Waals surface area contributed by atoms with Gasteiger partial charge in [0.25, 0.3) is 0 Å². The van der Waals surface area contributed by atoms with Gasteiger partial charge in [-0.1, -0.05) is 31.4 Å². The van der Waals surface area contributed by atoms with Crippen molar-refractivity contribution in [2.45, 2.75) is 64.0 Å². The Balaban J connectivity index is 0.00000196. The number of carbonyl (C=O) groups is 1. The fourth-order valence-corrected chi connectivity index (χ4v) is 4.99. The Hall–Kier alpha value is -1.26. The Morgan fingerprint density at radius 2 is 1.96 bits per heavy atom. The van der Waals surface area contributed by atoms with Gasteiger partial charge in [-0.15, -0.1) is 12.4 Å². The number of nitrogens with two attached hydrogens (primary N) is 1. The molecule has 2 N–H and O–H groups in total. The topological polar surface area (TPSA) is 55.6 Å². The highest BCUT2D eigenvalue weighted by Crippen LogP contribution is 2.36. The van der Waals surface area contributed by atoms with Crippen LogP contribution in [-0.4, -0.2) is 30.0 Å². The van der Waals surface area contributed by atoms with Gasteiger partial charge in [-0.25, -0.2) is 0 Å². The molecule has 5 heteroatoms. The Labute approximate surface area is 162 Å². The van der Waals surface area contributed by atoms with Gasteiger partial charge in [0.15, 0.2) is 0 Å². The first kappa shape index (κ1) is 19.5. The van der Waals surface area contributed by atoms with Gasteiger partial charge in [0, 0.05) is 24.9 Å². The van der Waals surface area contributed by atoms with Crippen LogP contribution >= 0.6 is 12.4 Å². The first-order valence-corrected chi connectivity index (χ1v) is 10.0. The lowest BCUT2D eigenvalue weighted by atomic mass is 9.93. The van der Waals surface area contributed by atoms with Gasteiger partial charge in [-0.05, 0) is 55.3 Å². The maximum absolute atomic E-state index is 13.4. The summed E-state index contributed by atoms with van der Waals surface area (Å²) < 4.78 is 5.62. The summed E-state index contributed by atoms with van der Waals surface area (Å²) in [4.78, 5) is 15.6. The van der Waals surface area contributed by atoms with Gasteiger partial charge in [0.1, 0.15) is 5.75 Å². The van der Waals surface area contributed by atoms with Crippen molar-refractivity contribution in [2.75, 3.05) is 13.2 Å². The number of rotatable bonds is 5. The summed E-state index contributed by atoms with van der Waals surface area (Å²) in [5.74, 6) is 1.89. The highest BCUT2D eigenvalue weighted by Gasteiger charge is 2.37. The Morgan fingerprint density at radius 1 is 1.15 bits per heavy atom. The second-order valence-electron chi connectivity index (χ2n) is 7.98. The average molecular weight is 379 g/mol. The molecular formula is C21H31ClN2O2. The summed E-state index contributed by atoms with van der Waals surface area (Å²) in [5, 5.41) is 0. The summed E-state index contributed by atoms with van der Waals surface area (Å²) in [7, 11) is 0. The van der Waals surface area contributed by atoms with Crippen LogP contribution in [0.1, 0.15) is 56.1 Å². The maximum atomic E-state index is 13.4. The molecule has 144 valence electrons. The molecule has 1 heterocycles. The molecule has 2 atom stereocenters. The molecule has 4 rings (SSSR count). The van der Waals surface area contributed by atoms with Crippen LogP contribution in [0, 0.1) is 11.8 Å². The fraction of sp³-hybridized carbons (Fsp3) is 0.667. The van der Waals surface area contributed by atoms with E-state index < -0.39 is 0 Å². The molecule has 0 bridgehead atoms. The summed E-state index contributed by atoms with van der Waals surface area (Å²) in [6.45, 7) is 2.17. The van der Waals surface area contributed by atoms with Crippen molar-refractivity contribution in [3.8, 4) is 5.75 Å². The molecule has 0 spiro atoms. The van der Waals surface area contributed by atoms with Crippen LogP contribution in [0.2, 0.25) is 0 Å². The van der Waals surface area contributed by atoms with Gasteiger partial charge in [0.2, 0.25) is 5.91 Å². The molecule has 0 unspecified atom stereocenters. The summed E-state index contributed by atoms with van der Waals surface area (Å²) in [6.07, 6.45) is 9.06. The van der Waals surface area contributed by atoms with Gasteiger partial charge >= 0.3 is 0 Å². The number of fused-ring (bicyclic) bond motifs is 1. The van der Waals surface area contributed by atoms with Crippen molar-refractivity contribution < 1.29 is 9.53 Å². The number of carbonyl (C=O) groups excluding carboxylic acids is 1. The van der Waals surface area contributed by atoms with E-state index in [0.717, 1.165) is 57.4 Å². The normalized spacial score (nSPS) is 24.8. The SMILES string of the molecule is Cl.NC[C@H]1CCC[C@H]1C(=O)N(Cc1ccc2c(c1)CCO2)C1CCCC1. The molecule has 0 radical (unpaired) electrons. The van der Waals surface area contributed by atoms with E-state index in [1.165, 1.54) is 24.0 Å². The van der Waals surface area contributed by atoms with E-state index in [1.807, 2.05) is 0 Å². The summed E-state index contributed by atoms with van der Waals surface area (Å²) in [6, 6.07) is 6.87. The third-order valence-electron chi connectivity index (χ3n) is 6.43. The summed E-state index contributed by atoms with van der Waals surface area (Å²) in [5.41, 5.74) is 8.48. The van der Waals surface area contributed by atoms with E-state index in [1.54, 1.807) is 0 Å². The Bertz CT molecular complexity index is 630. The van der Waals surface area contributed by atoms with Gasteiger partial charge in [-0.3, -0.25) is 4.79 Å². The molecule has 3 aliphatic rings. The van der Waals surface area contributed by atoms with Crippen molar-refractivity contribution >= 4 is 18.3 Å². The van der Waals surface area contributed by atoms with Crippen molar-refractivity contribution in [3.63, 3.8) is 0 Å². The number of nitrogens with zero attached hydrogens (tertiary/aromatic N) is 1. The van der Waals surface area contributed by atoms with Crippen LogP contribution in [0.15, 0.2) is 18.2 Å². The fourth-order valence-electron chi connectivity index (χ4n) is 4.99. The number of amides is 1. The van der Waals surface area contributed by atoms with Crippen LogP contribution in [-0.2, 0) is 17.8 Å². The van der Waals surface area contributed by atoms with Gasteiger partial charge < -0.3 is 15.4 Å². The third kappa shape index (κ3) is 3.86. The summed E-state index contributed by atoms with van der Waals surface area (Å²) >= 11 is 0. The van der Waals surface area contributed by atoms with Gasteiger partial charge in [0.05, 0.1) is 6.61 Å². The van der Waals surface area contributed by atoms with Crippen LogP contribution < -0.4 is 10.5 Å². The molecule has 1 aliphatic heterocycles. The number of hydrogen-bond donors (Lipinski definition) is 1. The average Bonchev–Trinajstić information content (AvgIpc) is 3.39. The standard InChI is InChI=1S/C21H30N2O2.ClH/c22-13-17-4-3-7-19(17)21(24)23(18-5-1-2-6-18)14-15-8-9-20-16(12-15)10-11-25-20;/h8-9,12,17-19H,1-7,10-11,13-14,22H2;1H/t17-,19-;/m1./s1. The quantitative estimate of drug-likeness (QED) is 0.850. The molecule has 1 aromatic rings. The predicted molar refractivity (Wildman–Crippen MR) is 106 cm³/mol. The van der Waals surface area contributed by atoms with E-state index in [2.05, 4.69) is 23.1 Å². The van der Waals surface area contributed by atoms with Crippen LogP contribution in [0.25, 0.3) is 0 Å². The maximum Gasteiger partial charge on any atom is 0.226 e. The molecule has 0 aromatic heterocycles.